The summed E-state index contributed by atoms with van der Waals surface area (Å²) in [5, 5.41) is 18.1. The van der Waals surface area contributed by atoms with Crippen LogP contribution in [0.4, 0.5) is 11.4 Å². The number of aliphatic hydroxyl groups excluding tert-OH is 1. The number of rotatable bonds is 10. The minimum atomic E-state index is -0.543. The molecule has 0 aliphatic rings. The molecule has 4 rings (SSSR count). The summed E-state index contributed by atoms with van der Waals surface area (Å²) in [6.45, 7) is 1.80. The molecule has 38 heavy (non-hydrogen) atoms. The number of nitrogens with zero attached hydrogens (tertiary/aromatic N) is 1. The molecule has 0 fully saturated rings. The first kappa shape index (κ1) is 26.2. The highest BCUT2D eigenvalue weighted by Crippen LogP contribution is 2.31. The Hall–Kier alpha value is -4.89. The zero-order valence-corrected chi connectivity index (χ0v) is 21.0. The lowest BCUT2D eigenvalue weighted by atomic mass is 10.1. The lowest BCUT2D eigenvalue weighted by Crippen LogP contribution is -2.29. The lowest BCUT2D eigenvalue weighted by Gasteiger charge is -2.14. The standard InChI is InChI=1S/C29H28N4O5/c1-19(30-2)27(28(35)32-20-6-4-3-5-7-20)29(36)33-21-8-10-22(11-9-21)38-26-14-15-31-25-18-23(37-17-16-34)12-13-24(25)26/h3-15,18,30,34H,16-17H2,1-2H3,(H,32,35)(H,33,36)/b27-19+. The summed E-state index contributed by atoms with van der Waals surface area (Å²) >= 11 is 0. The second-order valence-corrected chi connectivity index (χ2v) is 8.21. The van der Waals surface area contributed by atoms with Gasteiger partial charge in [-0.2, -0.15) is 0 Å². The van der Waals surface area contributed by atoms with Gasteiger partial charge in [0, 0.05) is 41.8 Å². The number of nitrogens with one attached hydrogen (secondary N) is 3. The number of para-hydroxylation sites is 1. The van der Waals surface area contributed by atoms with Crippen LogP contribution in [0.5, 0.6) is 17.2 Å². The highest BCUT2D eigenvalue weighted by Gasteiger charge is 2.22. The van der Waals surface area contributed by atoms with Crippen LogP contribution < -0.4 is 25.4 Å². The van der Waals surface area contributed by atoms with Crippen LogP contribution in [0.1, 0.15) is 6.92 Å². The Morgan fingerprint density at radius 2 is 1.53 bits per heavy atom. The summed E-state index contributed by atoms with van der Waals surface area (Å²) in [7, 11) is 1.65. The highest BCUT2D eigenvalue weighted by atomic mass is 16.5. The summed E-state index contributed by atoms with van der Waals surface area (Å²) in [4.78, 5) is 30.3. The predicted octanol–water partition coefficient (Wildman–Crippen LogP) is 4.47. The van der Waals surface area contributed by atoms with E-state index in [1.54, 1.807) is 86.9 Å². The monoisotopic (exact) mass is 512 g/mol. The van der Waals surface area contributed by atoms with E-state index in [1.165, 1.54) is 0 Å². The molecule has 0 bridgehead atoms. The minimum Gasteiger partial charge on any atom is -0.491 e. The molecule has 9 heteroatoms. The molecule has 0 saturated carbocycles. The second kappa shape index (κ2) is 12.4. The third-order valence-electron chi connectivity index (χ3n) is 5.61. The Morgan fingerprint density at radius 3 is 2.18 bits per heavy atom. The van der Waals surface area contributed by atoms with E-state index in [1.807, 2.05) is 12.1 Å². The molecule has 0 spiro atoms. The predicted molar refractivity (Wildman–Crippen MR) is 146 cm³/mol. The minimum absolute atomic E-state index is 0.0257. The Balaban J connectivity index is 1.46. The van der Waals surface area contributed by atoms with E-state index in [-0.39, 0.29) is 18.8 Å². The second-order valence-electron chi connectivity index (χ2n) is 8.21. The third kappa shape index (κ3) is 6.45. The number of pyridine rings is 1. The van der Waals surface area contributed by atoms with E-state index in [0.29, 0.717) is 39.8 Å². The number of anilines is 2. The number of allylic oxidation sites excluding steroid dienone is 1. The number of hydrogen-bond acceptors (Lipinski definition) is 7. The van der Waals surface area contributed by atoms with Crippen LogP contribution in [-0.4, -0.2) is 42.2 Å². The van der Waals surface area contributed by atoms with Crippen molar-refractivity contribution in [2.24, 2.45) is 0 Å². The van der Waals surface area contributed by atoms with Crippen molar-refractivity contribution in [2.45, 2.75) is 6.92 Å². The molecule has 4 N–H and O–H groups in total. The van der Waals surface area contributed by atoms with Gasteiger partial charge in [-0.25, -0.2) is 0 Å². The van der Waals surface area contributed by atoms with Crippen LogP contribution in [0.25, 0.3) is 10.9 Å². The average Bonchev–Trinajstić information content (AvgIpc) is 2.93. The van der Waals surface area contributed by atoms with Gasteiger partial charge in [-0.15, -0.1) is 0 Å². The molecule has 194 valence electrons. The molecule has 0 unspecified atom stereocenters. The van der Waals surface area contributed by atoms with E-state index in [2.05, 4.69) is 20.9 Å². The van der Waals surface area contributed by atoms with E-state index in [4.69, 9.17) is 14.6 Å². The number of amides is 2. The van der Waals surface area contributed by atoms with Crippen molar-refractivity contribution in [1.29, 1.82) is 0 Å². The van der Waals surface area contributed by atoms with Gasteiger partial charge in [-0.05, 0) is 61.5 Å². The van der Waals surface area contributed by atoms with Gasteiger partial charge in [0.1, 0.15) is 29.4 Å². The molecule has 0 aliphatic carbocycles. The maximum Gasteiger partial charge on any atom is 0.263 e. The van der Waals surface area contributed by atoms with E-state index in [0.717, 1.165) is 5.39 Å². The molecule has 9 nitrogen and oxygen atoms in total. The van der Waals surface area contributed by atoms with Crippen LogP contribution >= 0.6 is 0 Å². The number of fused-ring (bicyclic) bond motifs is 1. The SMILES string of the molecule is CN/C(C)=C(\C(=O)Nc1ccccc1)C(=O)Nc1ccc(Oc2ccnc3cc(OCCO)ccc23)cc1. The van der Waals surface area contributed by atoms with Crippen molar-refractivity contribution in [3.05, 3.63) is 96.3 Å². The van der Waals surface area contributed by atoms with Gasteiger partial charge in [0.2, 0.25) is 0 Å². The van der Waals surface area contributed by atoms with Gasteiger partial charge >= 0.3 is 0 Å². The molecule has 0 saturated heterocycles. The first-order valence-electron chi connectivity index (χ1n) is 11.9. The molecule has 2 amide bonds. The number of benzene rings is 3. The maximum atomic E-state index is 13.0. The van der Waals surface area contributed by atoms with Crippen LogP contribution in [-0.2, 0) is 9.59 Å². The first-order valence-corrected chi connectivity index (χ1v) is 11.9. The summed E-state index contributed by atoms with van der Waals surface area (Å²) in [5.74, 6) is 0.706. The number of aromatic nitrogens is 1. The zero-order valence-electron chi connectivity index (χ0n) is 21.0. The van der Waals surface area contributed by atoms with Crippen LogP contribution in [0.2, 0.25) is 0 Å². The fraction of sp³-hybridized carbons (Fsp3) is 0.138. The van der Waals surface area contributed by atoms with Crippen molar-refractivity contribution in [3.8, 4) is 17.2 Å². The van der Waals surface area contributed by atoms with Crippen LogP contribution in [0.3, 0.4) is 0 Å². The van der Waals surface area contributed by atoms with Crippen LogP contribution in [0.15, 0.2) is 96.3 Å². The number of ether oxygens (including phenoxy) is 2. The lowest BCUT2D eigenvalue weighted by molar-refractivity contribution is -0.118. The number of hydrogen-bond donors (Lipinski definition) is 4. The van der Waals surface area contributed by atoms with Gasteiger partial charge < -0.3 is 30.5 Å². The Labute approximate surface area is 220 Å². The quantitative estimate of drug-likeness (QED) is 0.141. The molecular weight excluding hydrogens is 484 g/mol. The van der Waals surface area contributed by atoms with Crippen molar-refractivity contribution in [2.75, 3.05) is 30.9 Å². The number of aliphatic hydroxyl groups is 1. The fourth-order valence-corrected chi connectivity index (χ4v) is 3.65. The molecule has 3 aromatic carbocycles. The fourth-order valence-electron chi connectivity index (χ4n) is 3.65. The van der Waals surface area contributed by atoms with Gasteiger partial charge in [-0.1, -0.05) is 18.2 Å². The average molecular weight is 513 g/mol. The van der Waals surface area contributed by atoms with Gasteiger partial charge in [0.05, 0.1) is 12.1 Å². The topological polar surface area (TPSA) is 122 Å². The molecular formula is C29H28N4O5. The third-order valence-corrected chi connectivity index (χ3v) is 5.61. The van der Waals surface area contributed by atoms with Crippen molar-refractivity contribution < 1.29 is 24.2 Å². The molecule has 4 aromatic rings. The van der Waals surface area contributed by atoms with Gasteiger partial charge in [0.25, 0.3) is 11.8 Å². The van der Waals surface area contributed by atoms with Crippen molar-refractivity contribution in [1.82, 2.24) is 10.3 Å². The molecule has 1 heterocycles. The Morgan fingerprint density at radius 1 is 0.868 bits per heavy atom. The van der Waals surface area contributed by atoms with E-state index >= 15 is 0 Å². The normalized spacial score (nSPS) is 11.3. The van der Waals surface area contributed by atoms with E-state index < -0.39 is 11.8 Å². The van der Waals surface area contributed by atoms with Crippen molar-refractivity contribution in [3.63, 3.8) is 0 Å². The Kier molecular flexibility index (Phi) is 8.53. The molecule has 1 aromatic heterocycles. The smallest absolute Gasteiger partial charge is 0.263 e. The van der Waals surface area contributed by atoms with Gasteiger partial charge in [0.15, 0.2) is 0 Å². The van der Waals surface area contributed by atoms with Crippen LogP contribution in [0, 0.1) is 0 Å². The number of carbonyl (C=O) groups is 2. The van der Waals surface area contributed by atoms with Gasteiger partial charge in [-0.3, -0.25) is 14.6 Å². The molecule has 0 aliphatic heterocycles. The highest BCUT2D eigenvalue weighted by molar-refractivity contribution is 6.26. The Bertz CT molecular complexity index is 1450. The zero-order chi connectivity index (χ0) is 26.9. The van der Waals surface area contributed by atoms with Crippen molar-refractivity contribution >= 4 is 34.1 Å². The van der Waals surface area contributed by atoms with E-state index in [9.17, 15) is 9.59 Å². The summed E-state index contributed by atoms with van der Waals surface area (Å²) in [6.07, 6.45) is 1.64. The largest absolute Gasteiger partial charge is 0.491 e. The summed E-state index contributed by atoms with van der Waals surface area (Å²) in [5.41, 5.74) is 2.19. The summed E-state index contributed by atoms with van der Waals surface area (Å²) in [6, 6.07) is 22.9. The molecule has 0 radical (unpaired) electrons. The summed E-state index contributed by atoms with van der Waals surface area (Å²) < 4.78 is 11.5. The number of carbonyl (C=O) groups excluding carboxylic acids is 2. The maximum absolute atomic E-state index is 13.0. The first-order chi connectivity index (χ1) is 18.5. The molecule has 0 atom stereocenters.